The zero-order chi connectivity index (χ0) is 21.9. The highest BCUT2D eigenvalue weighted by Gasteiger charge is 2.15. The minimum Gasteiger partial charge on any atom is -0.456 e. The summed E-state index contributed by atoms with van der Waals surface area (Å²) in [5, 5.41) is 1.87. The first-order chi connectivity index (χ1) is 14.9. The van der Waals surface area contributed by atoms with Crippen molar-refractivity contribution >= 4 is 21.9 Å². The maximum Gasteiger partial charge on any atom is 0.160 e. The molecule has 0 fully saturated rings. The minimum atomic E-state index is -0.204. The van der Waals surface area contributed by atoms with Crippen LogP contribution in [0.25, 0.3) is 44.6 Å². The van der Waals surface area contributed by atoms with E-state index in [0.29, 0.717) is 22.8 Å². The van der Waals surface area contributed by atoms with Crippen LogP contribution in [-0.2, 0) is 0 Å². The maximum atomic E-state index is 8.47. The SMILES string of the molecule is [2H]c1c([2H])c(C)c([2H])c(-c2cc(C)nc(-c3cccc4oc5ccccc5c34)n2)c1[2H]. The molecule has 0 bridgehead atoms. The van der Waals surface area contributed by atoms with Crippen LogP contribution >= 0.6 is 0 Å². The van der Waals surface area contributed by atoms with Crippen molar-refractivity contribution in [3.63, 3.8) is 0 Å². The van der Waals surface area contributed by atoms with Gasteiger partial charge in [0.2, 0.25) is 0 Å². The monoisotopic (exact) mass is 354 g/mol. The molecule has 3 nitrogen and oxygen atoms in total. The van der Waals surface area contributed by atoms with Crippen LogP contribution in [0, 0.1) is 13.8 Å². The Labute approximate surface area is 162 Å². The molecule has 130 valence electrons. The normalized spacial score (nSPS) is 13.4. The molecule has 0 aliphatic rings. The fourth-order valence-electron chi connectivity index (χ4n) is 3.34. The number of rotatable bonds is 2. The van der Waals surface area contributed by atoms with Crippen LogP contribution in [0.2, 0.25) is 0 Å². The lowest BCUT2D eigenvalue weighted by Crippen LogP contribution is -1.95. The van der Waals surface area contributed by atoms with Crippen molar-refractivity contribution in [2.24, 2.45) is 0 Å². The molecule has 0 amide bonds. The van der Waals surface area contributed by atoms with Crippen LogP contribution in [0.3, 0.4) is 0 Å². The Morgan fingerprint density at radius 3 is 2.70 bits per heavy atom. The van der Waals surface area contributed by atoms with Gasteiger partial charge < -0.3 is 4.42 Å². The van der Waals surface area contributed by atoms with Crippen molar-refractivity contribution in [2.75, 3.05) is 0 Å². The second kappa shape index (κ2) is 6.06. The summed E-state index contributed by atoms with van der Waals surface area (Å²) in [5.41, 5.74) is 3.99. The maximum absolute atomic E-state index is 8.47. The van der Waals surface area contributed by atoms with Gasteiger partial charge in [0.15, 0.2) is 5.82 Å². The van der Waals surface area contributed by atoms with E-state index in [-0.39, 0.29) is 29.7 Å². The Hall–Kier alpha value is -3.46. The number of hydrogen-bond acceptors (Lipinski definition) is 3. The number of benzene rings is 3. The molecule has 27 heavy (non-hydrogen) atoms. The van der Waals surface area contributed by atoms with Gasteiger partial charge in [-0.2, -0.15) is 0 Å². The molecule has 0 saturated heterocycles. The van der Waals surface area contributed by atoms with Crippen molar-refractivity contribution in [1.82, 2.24) is 9.97 Å². The smallest absolute Gasteiger partial charge is 0.160 e. The van der Waals surface area contributed by atoms with Crippen LogP contribution in [0.15, 0.2) is 77.1 Å². The van der Waals surface area contributed by atoms with Crippen molar-refractivity contribution in [3.05, 3.63) is 84.0 Å². The number of fused-ring (bicyclic) bond motifs is 3. The second-order valence-corrected chi connectivity index (χ2v) is 6.50. The van der Waals surface area contributed by atoms with Crippen LogP contribution in [0.4, 0.5) is 0 Å². The van der Waals surface area contributed by atoms with Gasteiger partial charge in [0, 0.05) is 27.6 Å². The van der Waals surface area contributed by atoms with Gasteiger partial charge in [0.25, 0.3) is 0 Å². The van der Waals surface area contributed by atoms with Gasteiger partial charge in [-0.05, 0) is 38.1 Å². The summed E-state index contributed by atoms with van der Waals surface area (Å²) in [7, 11) is 0. The Balaban J connectivity index is 1.81. The summed E-state index contributed by atoms with van der Waals surface area (Å²) >= 11 is 0. The predicted octanol–water partition coefficient (Wildman–Crippen LogP) is 6.33. The number of nitrogens with zero attached hydrogens (tertiary/aromatic N) is 2. The fourth-order valence-corrected chi connectivity index (χ4v) is 3.34. The third-order valence-corrected chi connectivity index (χ3v) is 4.50. The molecule has 3 aromatic carbocycles. The molecular formula is C24H18N2O. The molecule has 3 heteroatoms. The van der Waals surface area contributed by atoms with Crippen LogP contribution in [0.5, 0.6) is 0 Å². The van der Waals surface area contributed by atoms with Gasteiger partial charge in [-0.25, -0.2) is 9.97 Å². The van der Waals surface area contributed by atoms with E-state index in [1.165, 1.54) is 0 Å². The average molecular weight is 354 g/mol. The Kier molecular flexibility index (Phi) is 2.70. The van der Waals surface area contributed by atoms with Crippen LogP contribution < -0.4 is 0 Å². The first-order valence-electron chi connectivity index (χ1n) is 10.7. The molecule has 0 saturated carbocycles. The molecule has 0 N–H and O–H groups in total. The topological polar surface area (TPSA) is 38.9 Å². The first kappa shape index (κ1) is 12.0. The van der Waals surface area contributed by atoms with Gasteiger partial charge in [-0.3, -0.25) is 0 Å². The van der Waals surface area contributed by atoms with Gasteiger partial charge >= 0.3 is 0 Å². The highest BCUT2D eigenvalue weighted by atomic mass is 16.3. The lowest BCUT2D eigenvalue weighted by Gasteiger charge is -2.08. The molecule has 2 aromatic heterocycles. The standard InChI is InChI=1S/C24H18N2O/c1-15-7-5-8-17(13-15)20-14-16(2)25-24(26-20)19-10-6-12-22-23(19)18-9-3-4-11-21(18)27-22/h3-14H,1-2H3/i5D,7D,8D,13D. The van der Waals surface area contributed by atoms with Crippen molar-refractivity contribution in [3.8, 4) is 22.6 Å². The molecule has 5 rings (SSSR count). The lowest BCUT2D eigenvalue weighted by atomic mass is 10.0. The second-order valence-electron chi connectivity index (χ2n) is 6.50. The third kappa shape index (κ3) is 2.68. The number of aromatic nitrogens is 2. The summed E-state index contributed by atoms with van der Waals surface area (Å²) < 4.78 is 38.9. The van der Waals surface area contributed by atoms with E-state index in [0.717, 1.165) is 27.5 Å². The summed E-state index contributed by atoms with van der Waals surface area (Å²) in [6.45, 7) is 3.46. The lowest BCUT2D eigenvalue weighted by molar-refractivity contribution is 0.669. The fraction of sp³-hybridized carbons (Fsp3) is 0.0833. The van der Waals surface area contributed by atoms with E-state index in [4.69, 9.17) is 14.9 Å². The van der Waals surface area contributed by atoms with Gasteiger partial charge in [-0.1, -0.05) is 54.0 Å². The van der Waals surface area contributed by atoms with Gasteiger partial charge in [0.1, 0.15) is 11.2 Å². The number of aryl methyl sites for hydroxylation is 1. The molecule has 0 aliphatic heterocycles. The Morgan fingerprint density at radius 1 is 0.926 bits per heavy atom. The van der Waals surface area contributed by atoms with Gasteiger partial charge in [0.05, 0.1) is 11.2 Å². The van der Waals surface area contributed by atoms with Crippen molar-refractivity contribution < 1.29 is 9.90 Å². The summed E-state index contributed by atoms with van der Waals surface area (Å²) in [6, 6.07) is 14.8. The largest absolute Gasteiger partial charge is 0.456 e. The number of para-hydroxylation sites is 1. The van der Waals surface area contributed by atoms with Gasteiger partial charge in [-0.15, -0.1) is 0 Å². The summed E-state index contributed by atoms with van der Waals surface area (Å²) in [4.78, 5) is 9.34. The third-order valence-electron chi connectivity index (χ3n) is 4.50. The molecule has 2 heterocycles. The Morgan fingerprint density at radius 2 is 1.78 bits per heavy atom. The molecule has 0 unspecified atom stereocenters. The zero-order valence-electron chi connectivity index (χ0n) is 18.9. The van der Waals surface area contributed by atoms with E-state index >= 15 is 0 Å². The molecule has 0 atom stereocenters. The van der Waals surface area contributed by atoms with E-state index in [1.54, 1.807) is 13.0 Å². The highest BCUT2D eigenvalue weighted by Crippen LogP contribution is 2.35. The van der Waals surface area contributed by atoms with Crippen LogP contribution in [0.1, 0.15) is 16.7 Å². The molecular weight excluding hydrogens is 332 g/mol. The Bertz CT molecular complexity index is 1480. The minimum absolute atomic E-state index is 0.0435. The molecule has 0 radical (unpaired) electrons. The number of furan rings is 1. The highest BCUT2D eigenvalue weighted by molar-refractivity contribution is 6.11. The van der Waals surface area contributed by atoms with E-state index < -0.39 is 0 Å². The van der Waals surface area contributed by atoms with Crippen molar-refractivity contribution in [2.45, 2.75) is 13.8 Å². The van der Waals surface area contributed by atoms with E-state index in [9.17, 15) is 0 Å². The quantitative estimate of drug-likeness (QED) is 0.372. The predicted molar refractivity (Wildman–Crippen MR) is 110 cm³/mol. The van der Waals surface area contributed by atoms with Crippen LogP contribution in [-0.4, -0.2) is 9.97 Å². The summed E-state index contributed by atoms with van der Waals surface area (Å²) in [5.74, 6) is 0.463. The average Bonchev–Trinajstić information content (AvgIpc) is 3.15. The molecule has 0 spiro atoms. The zero-order valence-corrected chi connectivity index (χ0v) is 14.9. The first-order valence-corrected chi connectivity index (χ1v) is 8.70. The van der Waals surface area contributed by atoms with E-state index in [2.05, 4.69) is 4.98 Å². The van der Waals surface area contributed by atoms with Crippen molar-refractivity contribution in [1.29, 1.82) is 0 Å². The molecule has 5 aromatic rings. The molecule has 0 aliphatic carbocycles. The van der Waals surface area contributed by atoms with E-state index in [1.807, 2.05) is 49.4 Å². The number of hydrogen-bond donors (Lipinski definition) is 0. The summed E-state index contributed by atoms with van der Waals surface area (Å²) in [6.07, 6.45) is 0.